The molecule has 0 radical (unpaired) electrons. The van der Waals surface area contributed by atoms with Crippen molar-refractivity contribution in [3.8, 4) is 0 Å². The van der Waals surface area contributed by atoms with Gasteiger partial charge in [-0.2, -0.15) is 0 Å². The first-order valence-electron chi connectivity index (χ1n) is 4.03. The smallest absolute Gasteiger partial charge is 0.254 e. The lowest BCUT2D eigenvalue weighted by molar-refractivity contribution is -0.116. The van der Waals surface area contributed by atoms with Crippen LogP contribution < -0.4 is 5.32 Å². The number of ether oxygens (including phenoxy) is 1. The van der Waals surface area contributed by atoms with Crippen LogP contribution in [0, 0.1) is 0 Å². The molecule has 0 fully saturated rings. The Kier molecular flexibility index (Phi) is 5.29. The topological polar surface area (TPSA) is 38.3 Å². The highest BCUT2D eigenvalue weighted by Crippen LogP contribution is 2.11. The number of carbonyl (C=O) groups excluding carboxylic acids is 1. The Morgan fingerprint density at radius 1 is 1.57 bits per heavy atom. The molecule has 0 unspecified atom stereocenters. The maximum atomic E-state index is 12.8. The summed E-state index contributed by atoms with van der Waals surface area (Å²) >= 11 is 0. The standard InChI is InChI=1S/C10H14FNO2/c1-5-8(11)6-9(7(2)14-4)10(13)12-3/h5-6H,1H2,2-4H3,(H,12,13)/b8-6+,9-7-. The van der Waals surface area contributed by atoms with Gasteiger partial charge in [0.2, 0.25) is 0 Å². The van der Waals surface area contributed by atoms with E-state index >= 15 is 0 Å². The molecule has 0 aromatic rings. The molecule has 0 aromatic carbocycles. The van der Waals surface area contributed by atoms with E-state index in [1.165, 1.54) is 14.2 Å². The van der Waals surface area contributed by atoms with Gasteiger partial charge in [0.05, 0.1) is 12.7 Å². The highest BCUT2D eigenvalue weighted by atomic mass is 19.1. The lowest BCUT2D eigenvalue weighted by Gasteiger charge is -2.05. The molecule has 78 valence electrons. The third-order valence-electron chi connectivity index (χ3n) is 1.63. The van der Waals surface area contributed by atoms with E-state index in [4.69, 9.17) is 4.74 Å². The summed E-state index contributed by atoms with van der Waals surface area (Å²) < 4.78 is 17.7. The van der Waals surface area contributed by atoms with E-state index < -0.39 is 11.7 Å². The van der Waals surface area contributed by atoms with Crippen LogP contribution in [0.25, 0.3) is 0 Å². The maximum absolute atomic E-state index is 12.8. The van der Waals surface area contributed by atoms with E-state index in [2.05, 4.69) is 11.9 Å². The molecule has 0 spiro atoms. The van der Waals surface area contributed by atoms with Crippen LogP contribution in [0.15, 0.2) is 35.9 Å². The fraction of sp³-hybridized carbons (Fsp3) is 0.300. The van der Waals surface area contributed by atoms with Crippen LogP contribution in [-0.4, -0.2) is 20.1 Å². The van der Waals surface area contributed by atoms with Crippen LogP contribution >= 0.6 is 0 Å². The minimum atomic E-state index is -0.583. The van der Waals surface area contributed by atoms with Crippen LogP contribution in [0.3, 0.4) is 0 Å². The number of allylic oxidation sites excluding steroid dienone is 3. The predicted octanol–water partition coefficient (Wildman–Crippen LogP) is 1.69. The summed E-state index contributed by atoms with van der Waals surface area (Å²) in [6.07, 6.45) is 2.09. The van der Waals surface area contributed by atoms with E-state index in [0.717, 1.165) is 12.2 Å². The lowest BCUT2D eigenvalue weighted by atomic mass is 10.2. The molecular weight excluding hydrogens is 185 g/mol. The number of amides is 1. The summed E-state index contributed by atoms with van der Waals surface area (Å²) in [5, 5.41) is 2.39. The van der Waals surface area contributed by atoms with E-state index in [1.807, 2.05) is 0 Å². The van der Waals surface area contributed by atoms with E-state index in [0.29, 0.717) is 5.76 Å². The average molecular weight is 199 g/mol. The zero-order valence-electron chi connectivity index (χ0n) is 8.56. The second-order valence-electron chi connectivity index (χ2n) is 2.49. The summed E-state index contributed by atoms with van der Waals surface area (Å²) in [6.45, 7) is 4.83. The molecule has 0 aliphatic heterocycles. The summed E-state index contributed by atoms with van der Waals surface area (Å²) in [5.41, 5.74) is 0.146. The Morgan fingerprint density at radius 3 is 2.50 bits per heavy atom. The third kappa shape index (κ3) is 3.43. The summed E-state index contributed by atoms with van der Waals surface area (Å²) in [4.78, 5) is 11.3. The first kappa shape index (κ1) is 12.4. The molecule has 0 heterocycles. The van der Waals surface area contributed by atoms with Crippen LogP contribution in [0.4, 0.5) is 4.39 Å². The van der Waals surface area contributed by atoms with Gasteiger partial charge in [0.15, 0.2) is 0 Å². The van der Waals surface area contributed by atoms with Crippen LogP contribution in [0.5, 0.6) is 0 Å². The van der Waals surface area contributed by atoms with E-state index in [-0.39, 0.29) is 5.57 Å². The van der Waals surface area contributed by atoms with E-state index in [9.17, 15) is 9.18 Å². The number of hydrogen-bond donors (Lipinski definition) is 1. The number of rotatable bonds is 4. The molecule has 0 aliphatic rings. The van der Waals surface area contributed by atoms with Gasteiger partial charge in [0, 0.05) is 7.05 Å². The molecular formula is C10H14FNO2. The number of hydrogen-bond acceptors (Lipinski definition) is 2. The Labute approximate surface area is 82.9 Å². The Balaban J connectivity index is 5.13. The molecule has 1 N–H and O–H groups in total. The minimum absolute atomic E-state index is 0.146. The summed E-state index contributed by atoms with van der Waals surface area (Å²) in [6, 6.07) is 0. The first-order chi connectivity index (χ1) is 6.56. The van der Waals surface area contributed by atoms with Gasteiger partial charge in [-0.1, -0.05) is 6.58 Å². The van der Waals surface area contributed by atoms with E-state index in [1.54, 1.807) is 6.92 Å². The van der Waals surface area contributed by atoms with Crippen molar-refractivity contribution < 1.29 is 13.9 Å². The van der Waals surface area contributed by atoms with Gasteiger partial charge < -0.3 is 10.1 Å². The highest BCUT2D eigenvalue weighted by molar-refractivity contribution is 5.96. The van der Waals surface area contributed by atoms with Crippen LogP contribution in [0.1, 0.15) is 6.92 Å². The summed E-state index contributed by atoms with van der Waals surface area (Å²) in [5.74, 6) is -0.636. The van der Waals surface area contributed by atoms with Crippen molar-refractivity contribution in [3.05, 3.63) is 35.9 Å². The lowest BCUT2D eigenvalue weighted by Crippen LogP contribution is -2.20. The third-order valence-corrected chi connectivity index (χ3v) is 1.63. The molecule has 0 saturated carbocycles. The van der Waals surface area contributed by atoms with Gasteiger partial charge in [0.25, 0.3) is 5.91 Å². The number of halogens is 1. The van der Waals surface area contributed by atoms with Gasteiger partial charge in [-0.15, -0.1) is 0 Å². The SMILES string of the molecule is C=C/C(F)=C\C(C(=O)NC)=C(/C)OC. The van der Waals surface area contributed by atoms with Gasteiger partial charge in [0.1, 0.15) is 11.6 Å². The molecule has 0 rings (SSSR count). The fourth-order valence-corrected chi connectivity index (χ4v) is 0.768. The number of methoxy groups -OCH3 is 1. The number of nitrogens with one attached hydrogen (secondary N) is 1. The molecule has 0 bridgehead atoms. The van der Waals surface area contributed by atoms with Crippen molar-refractivity contribution >= 4 is 5.91 Å². The Morgan fingerprint density at radius 2 is 2.14 bits per heavy atom. The molecule has 0 saturated heterocycles. The van der Waals surface area contributed by atoms with Crippen molar-refractivity contribution in [2.24, 2.45) is 0 Å². The van der Waals surface area contributed by atoms with Crippen molar-refractivity contribution in [2.75, 3.05) is 14.2 Å². The van der Waals surface area contributed by atoms with Gasteiger partial charge in [-0.05, 0) is 19.1 Å². The second-order valence-corrected chi connectivity index (χ2v) is 2.49. The normalized spacial score (nSPS) is 13.0. The largest absolute Gasteiger partial charge is 0.501 e. The molecule has 0 aliphatic carbocycles. The fourth-order valence-electron chi connectivity index (χ4n) is 0.768. The highest BCUT2D eigenvalue weighted by Gasteiger charge is 2.10. The second kappa shape index (κ2) is 5.96. The zero-order chi connectivity index (χ0) is 11.1. The Bertz CT molecular complexity index is 292. The van der Waals surface area contributed by atoms with Crippen molar-refractivity contribution in [2.45, 2.75) is 6.92 Å². The zero-order valence-corrected chi connectivity index (χ0v) is 8.56. The van der Waals surface area contributed by atoms with Crippen LogP contribution in [-0.2, 0) is 9.53 Å². The van der Waals surface area contributed by atoms with Crippen LogP contribution in [0.2, 0.25) is 0 Å². The maximum Gasteiger partial charge on any atom is 0.254 e. The monoisotopic (exact) mass is 199 g/mol. The molecule has 1 amide bonds. The average Bonchev–Trinajstić information content (AvgIpc) is 2.23. The molecule has 4 heteroatoms. The van der Waals surface area contributed by atoms with Gasteiger partial charge >= 0.3 is 0 Å². The number of carbonyl (C=O) groups is 1. The molecule has 3 nitrogen and oxygen atoms in total. The van der Waals surface area contributed by atoms with Gasteiger partial charge in [-0.3, -0.25) is 4.79 Å². The molecule has 14 heavy (non-hydrogen) atoms. The van der Waals surface area contributed by atoms with Crippen molar-refractivity contribution in [1.29, 1.82) is 0 Å². The quantitative estimate of drug-likeness (QED) is 0.425. The number of likely N-dealkylation sites (N-methyl/N-ethyl adjacent to an activating group) is 1. The van der Waals surface area contributed by atoms with Gasteiger partial charge in [-0.25, -0.2) is 4.39 Å². The predicted molar refractivity (Wildman–Crippen MR) is 53.2 cm³/mol. The minimum Gasteiger partial charge on any atom is -0.501 e. The summed E-state index contributed by atoms with van der Waals surface area (Å²) in [7, 11) is 2.88. The van der Waals surface area contributed by atoms with Crippen molar-refractivity contribution in [3.63, 3.8) is 0 Å². The molecule has 0 atom stereocenters. The molecule has 0 aromatic heterocycles. The first-order valence-corrected chi connectivity index (χ1v) is 4.03. The Hall–Kier alpha value is -1.58. The van der Waals surface area contributed by atoms with Crippen molar-refractivity contribution in [1.82, 2.24) is 5.32 Å².